The number of pyridine rings is 1. The molecule has 0 saturated carbocycles. The lowest BCUT2D eigenvalue weighted by Crippen LogP contribution is -2.34. The summed E-state index contributed by atoms with van der Waals surface area (Å²) in [7, 11) is 0. The summed E-state index contributed by atoms with van der Waals surface area (Å²) in [6.07, 6.45) is 1.69. The number of rotatable bonds is 4. The first-order chi connectivity index (χ1) is 10.0. The highest BCUT2D eigenvalue weighted by Gasteiger charge is 2.04. The van der Waals surface area contributed by atoms with Gasteiger partial charge in [-0.3, -0.25) is 5.32 Å². The molecule has 0 aliphatic heterocycles. The second-order valence-corrected chi connectivity index (χ2v) is 5.13. The van der Waals surface area contributed by atoms with Gasteiger partial charge in [0.2, 0.25) is 0 Å². The molecule has 3 N–H and O–H groups in total. The third kappa shape index (κ3) is 4.49. The monoisotopic (exact) mass is 284 g/mol. The summed E-state index contributed by atoms with van der Waals surface area (Å²) in [5, 5.41) is 8.73. The van der Waals surface area contributed by atoms with Gasteiger partial charge in [0, 0.05) is 11.7 Å². The van der Waals surface area contributed by atoms with E-state index in [2.05, 4.69) is 20.9 Å². The number of anilines is 3. The molecule has 2 aromatic rings. The fraction of sp³-hybridized carbons (Fsp3) is 0.250. The summed E-state index contributed by atoms with van der Waals surface area (Å²) >= 11 is 0. The molecule has 0 spiro atoms. The van der Waals surface area contributed by atoms with E-state index in [9.17, 15) is 4.79 Å². The summed E-state index contributed by atoms with van der Waals surface area (Å²) in [5.74, 6) is 0.517. The molecule has 0 aliphatic carbocycles. The van der Waals surface area contributed by atoms with Gasteiger partial charge in [0.05, 0.1) is 11.9 Å². The van der Waals surface area contributed by atoms with E-state index in [0.29, 0.717) is 5.82 Å². The molecule has 0 fully saturated rings. The van der Waals surface area contributed by atoms with Gasteiger partial charge < -0.3 is 10.6 Å². The molecule has 0 atom stereocenters. The molecule has 0 radical (unpaired) electrons. The van der Waals surface area contributed by atoms with Crippen molar-refractivity contribution in [3.8, 4) is 0 Å². The number of nitrogens with one attached hydrogen (secondary N) is 3. The molecular formula is C16H20N4O. The minimum absolute atomic E-state index is 0.0898. The fourth-order valence-electron chi connectivity index (χ4n) is 1.82. The number of nitrogens with zero attached hydrogens (tertiary/aromatic N) is 1. The maximum Gasteiger partial charge on any atom is 0.320 e. The Balaban J connectivity index is 1.99. The standard InChI is InChI=1S/C16H20N4O/c1-11(2)18-16(21)20-15-9-8-13(10-17-15)19-14-7-5-4-6-12(14)3/h4-11,19H,1-3H3,(H2,17,18,20,21). The molecule has 110 valence electrons. The van der Waals surface area contributed by atoms with Gasteiger partial charge in [-0.15, -0.1) is 0 Å². The molecule has 21 heavy (non-hydrogen) atoms. The number of hydrogen-bond acceptors (Lipinski definition) is 3. The molecule has 5 heteroatoms. The molecule has 0 bridgehead atoms. The van der Waals surface area contributed by atoms with Crippen LogP contribution >= 0.6 is 0 Å². The van der Waals surface area contributed by atoms with Gasteiger partial charge >= 0.3 is 6.03 Å². The molecule has 2 amide bonds. The van der Waals surface area contributed by atoms with Crippen molar-refractivity contribution >= 4 is 23.2 Å². The number of benzene rings is 1. The van der Waals surface area contributed by atoms with Crippen LogP contribution in [0.3, 0.4) is 0 Å². The van der Waals surface area contributed by atoms with Crippen LogP contribution in [0.15, 0.2) is 42.6 Å². The van der Waals surface area contributed by atoms with Crippen molar-refractivity contribution in [3.05, 3.63) is 48.2 Å². The normalized spacial score (nSPS) is 10.3. The van der Waals surface area contributed by atoms with E-state index in [1.807, 2.05) is 51.1 Å². The Morgan fingerprint density at radius 1 is 1.14 bits per heavy atom. The Labute approximate surface area is 124 Å². The van der Waals surface area contributed by atoms with Gasteiger partial charge in [-0.05, 0) is 44.5 Å². The van der Waals surface area contributed by atoms with Crippen LogP contribution in [0, 0.1) is 6.92 Å². The van der Waals surface area contributed by atoms with Crippen LogP contribution in [-0.2, 0) is 0 Å². The fourth-order valence-corrected chi connectivity index (χ4v) is 1.82. The van der Waals surface area contributed by atoms with E-state index in [1.165, 1.54) is 0 Å². The maximum atomic E-state index is 11.6. The highest BCUT2D eigenvalue weighted by molar-refractivity contribution is 5.88. The second kappa shape index (κ2) is 6.74. The molecule has 0 unspecified atom stereocenters. The lowest BCUT2D eigenvalue weighted by atomic mass is 10.2. The Hall–Kier alpha value is -2.56. The van der Waals surface area contributed by atoms with Crippen LogP contribution < -0.4 is 16.0 Å². The van der Waals surface area contributed by atoms with E-state index in [1.54, 1.807) is 12.3 Å². The van der Waals surface area contributed by atoms with Gasteiger partial charge in [-0.25, -0.2) is 9.78 Å². The van der Waals surface area contributed by atoms with E-state index < -0.39 is 0 Å². The molecule has 2 rings (SSSR count). The molecule has 5 nitrogen and oxygen atoms in total. The average molecular weight is 284 g/mol. The van der Waals surface area contributed by atoms with Crippen LogP contribution in [-0.4, -0.2) is 17.1 Å². The van der Waals surface area contributed by atoms with Crippen LogP contribution in [0.25, 0.3) is 0 Å². The van der Waals surface area contributed by atoms with Crippen molar-refractivity contribution in [1.82, 2.24) is 10.3 Å². The number of para-hydroxylation sites is 1. The van der Waals surface area contributed by atoms with E-state index in [0.717, 1.165) is 16.9 Å². The SMILES string of the molecule is Cc1ccccc1Nc1ccc(NC(=O)NC(C)C)nc1. The number of urea groups is 1. The van der Waals surface area contributed by atoms with Crippen molar-refractivity contribution in [2.24, 2.45) is 0 Å². The van der Waals surface area contributed by atoms with Crippen LogP contribution in [0.2, 0.25) is 0 Å². The average Bonchev–Trinajstić information content (AvgIpc) is 2.42. The summed E-state index contributed by atoms with van der Waals surface area (Å²) < 4.78 is 0. The minimum atomic E-state index is -0.253. The Bertz CT molecular complexity index is 608. The molecule has 1 heterocycles. The third-order valence-corrected chi connectivity index (χ3v) is 2.85. The number of aromatic nitrogens is 1. The van der Waals surface area contributed by atoms with Gasteiger partial charge in [0.1, 0.15) is 5.82 Å². The van der Waals surface area contributed by atoms with E-state index >= 15 is 0 Å². The molecular weight excluding hydrogens is 264 g/mol. The quantitative estimate of drug-likeness (QED) is 0.802. The number of carbonyl (C=O) groups excluding carboxylic acids is 1. The predicted octanol–water partition coefficient (Wildman–Crippen LogP) is 3.66. The van der Waals surface area contributed by atoms with Gasteiger partial charge in [0.25, 0.3) is 0 Å². The van der Waals surface area contributed by atoms with Gasteiger partial charge in [-0.1, -0.05) is 18.2 Å². The number of aryl methyl sites for hydroxylation is 1. The van der Waals surface area contributed by atoms with Crippen molar-refractivity contribution in [3.63, 3.8) is 0 Å². The van der Waals surface area contributed by atoms with Crippen molar-refractivity contribution in [1.29, 1.82) is 0 Å². The number of carbonyl (C=O) groups is 1. The number of hydrogen-bond donors (Lipinski definition) is 3. The van der Waals surface area contributed by atoms with Crippen molar-refractivity contribution in [2.75, 3.05) is 10.6 Å². The van der Waals surface area contributed by atoms with E-state index in [4.69, 9.17) is 0 Å². The Morgan fingerprint density at radius 2 is 1.90 bits per heavy atom. The first kappa shape index (κ1) is 14.8. The molecule has 1 aromatic heterocycles. The first-order valence-corrected chi connectivity index (χ1v) is 6.91. The summed E-state index contributed by atoms with van der Waals surface area (Å²) in [6.45, 7) is 5.85. The Morgan fingerprint density at radius 3 is 2.52 bits per heavy atom. The second-order valence-electron chi connectivity index (χ2n) is 5.13. The van der Waals surface area contributed by atoms with E-state index in [-0.39, 0.29) is 12.1 Å². The lowest BCUT2D eigenvalue weighted by molar-refractivity contribution is 0.250. The number of amides is 2. The van der Waals surface area contributed by atoms with Crippen molar-refractivity contribution in [2.45, 2.75) is 26.8 Å². The molecule has 0 saturated heterocycles. The van der Waals surface area contributed by atoms with Crippen molar-refractivity contribution < 1.29 is 4.79 Å². The Kier molecular flexibility index (Phi) is 4.77. The highest BCUT2D eigenvalue weighted by atomic mass is 16.2. The maximum absolute atomic E-state index is 11.6. The lowest BCUT2D eigenvalue weighted by Gasteiger charge is -2.11. The van der Waals surface area contributed by atoms with Crippen LogP contribution in [0.4, 0.5) is 22.0 Å². The summed E-state index contributed by atoms with van der Waals surface area (Å²) in [4.78, 5) is 15.8. The topological polar surface area (TPSA) is 66.0 Å². The van der Waals surface area contributed by atoms with Crippen LogP contribution in [0.5, 0.6) is 0 Å². The third-order valence-electron chi connectivity index (χ3n) is 2.85. The zero-order chi connectivity index (χ0) is 15.2. The van der Waals surface area contributed by atoms with Gasteiger partial charge in [-0.2, -0.15) is 0 Å². The molecule has 1 aromatic carbocycles. The molecule has 0 aliphatic rings. The summed E-state index contributed by atoms with van der Waals surface area (Å²) in [6, 6.07) is 11.5. The minimum Gasteiger partial charge on any atom is -0.354 e. The first-order valence-electron chi connectivity index (χ1n) is 6.91. The zero-order valence-corrected chi connectivity index (χ0v) is 12.5. The predicted molar refractivity (Wildman–Crippen MR) is 86.0 cm³/mol. The van der Waals surface area contributed by atoms with Gasteiger partial charge in [0.15, 0.2) is 0 Å². The zero-order valence-electron chi connectivity index (χ0n) is 12.5. The smallest absolute Gasteiger partial charge is 0.320 e. The van der Waals surface area contributed by atoms with Crippen LogP contribution in [0.1, 0.15) is 19.4 Å². The highest BCUT2D eigenvalue weighted by Crippen LogP contribution is 2.20. The largest absolute Gasteiger partial charge is 0.354 e. The summed E-state index contributed by atoms with van der Waals surface area (Å²) in [5.41, 5.74) is 3.08.